The van der Waals surface area contributed by atoms with Gasteiger partial charge in [0, 0.05) is 0 Å². The summed E-state index contributed by atoms with van der Waals surface area (Å²) >= 11 is 5.98. The van der Waals surface area contributed by atoms with Crippen molar-refractivity contribution in [2.24, 2.45) is 5.73 Å². The number of aromatic nitrogens is 2. The number of hydrogen-bond donors (Lipinski definition) is 2. The van der Waals surface area contributed by atoms with Crippen LogP contribution in [-0.4, -0.2) is 15.2 Å². The molecule has 0 atom stereocenters. The van der Waals surface area contributed by atoms with Crippen LogP contribution in [0.3, 0.4) is 0 Å². The van der Waals surface area contributed by atoms with Crippen LogP contribution < -0.4 is 5.73 Å². The first-order chi connectivity index (χ1) is 7.63. The van der Waals surface area contributed by atoms with E-state index in [0.29, 0.717) is 22.0 Å². The lowest BCUT2D eigenvalue weighted by atomic mass is 10.1. The Hall–Kier alpha value is -1.59. The quantitative estimate of drug-likeness (QED) is 0.836. The molecule has 0 saturated carbocycles. The third-order valence-electron chi connectivity index (χ3n) is 2.20. The van der Waals surface area contributed by atoms with E-state index in [-0.39, 0.29) is 18.1 Å². The van der Waals surface area contributed by atoms with E-state index in [0.717, 1.165) is 0 Å². The fraction of sp³-hybridized carbons (Fsp3) is 0.200. The predicted molar refractivity (Wildman–Crippen MR) is 59.0 cm³/mol. The molecule has 0 unspecified atom stereocenters. The Labute approximate surface area is 96.8 Å². The van der Waals surface area contributed by atoms with Gasteiger partial charge in [0.2, 0.25) is 11.7 Å². The van der Waals surface area contributed by atoms with Gasteiger partial charge >= 0.3 is 0 Å². The highest BCUT2D eigenvalue weighted by atomic mass is 35.5. The van der Waals surface area contributed by atoms with E-state index in [1.165, 1.54) is 0 Å². The average molecular weight is 240 g/mol. The van der Waals surface area contributed by atoms with E-state index in [2.05, 4.69) is 10.1 Å². The van der Waals surface area contributed by atoms with Crippen LogP contribution in [0.15, 0.2) is 16.7 Å². The van der Waals surface area contributed by atoms with Gasteiger partial charge in [-0.1, -0.05) is 22.8 Å². The summed E-state index contributed by atoms with van der Waals surface area (Å²) in [7, 11) is 0. The smallest absolute Gasteiger partial charge is 0.240 e. The van der Waals surface area contributed by atoms with Gasteiger partial charge in [-0.2, -0.15) is 4.98 Å². The van der Waals surface area contributed by atoms with Gasteiger partial charge in [-0.15, -0.1) is 0 Å². The maximum atomic E-state index is 9.88. The Kier molecular flexibility index (Phi) is 2.80. The van der Waals surface area contributed by atoms with Crippen LogP contribution in [0.4, 0.5) is 0 Å². The maximum absolute atomic E-state index is 9.88. The molecule has 0 aliphatic rings. The lowest BCUT2D eigenvalue weighted by Gasteiger charge is -2.04. The number of phenolic OH excluding ortho intramolecular Hbond substituents is 1. The van der Waals surface area contributed by atoms with Crippen LogP contribution in [-0.2, 0) is 6.54 Å². The zero-order valence-electron chi connectivity index (χ0n) is 8.57. The fourth-order valence-electron chi connectivity index (χ4n) is 1.32. The fourth-order valence-corrected chi connectivity index (χ4v) is 1.56. The summed E-state index contributed by atoms with van der Waals surface area (Å²) in [5.74, 6) is 0.593. The molecule has 0 aliphatic carbocycles. The van der Waals surface area contributed by atoms with Gasteiger partial charge in [0.05, 0.1) is 17.1 Å². The van der Waals surface area contributed by atoms with E-state index in [4.69, 9.17) is 21.9 Å². The Morgan fingerprint density at radius 1 is 1.50 bits per heavy atom. The molecule has 1 aromatic heterocycles. The molecular formula is C10H10ClN3O2. The van der Waals surface area contributed by atoms with Gasteiger partial charge in [0.1, 0.15) is 5.75 Å². The molecule has 0 saturated heterocycles. The molecule has 2 rings (SSSR count). The van der Waals surface area contributed by atoms with E-state index >= 15 is 0 Å². The molecule has 16 heavy (non-hydrogen) atoms. The van der Waals surface area contributed by atoms with Crippen LogP contribution in [0.1, 0.15) is 11.5 Å². The first kappa shape index (κ1) is 10.9. The molecule has 84 valence electrons. The van der Waals surface area contributed by atoms with Crippen LogP contribution in [0.25, 0.3) is 11.4 Å². The Balaban J connectivity index is 2.58. The van der Waals surface area contributed by atoms with Crippen molar-refractivity contribution in [3.63, 3.8) is 0 Å². The second-order valence-corrected chi connectivity index (χ2v) is 3.71. The minimum Gasteiger partial charge on any atom is -0.507 e. The van der Waals surface area contributed by atoms with Crippen molar-refractivity contribution in [3.05, 3.63) is 28.6 Å². The van der Waals surface area contributed by atoms with Crippen molar-refractivity contribution in [1.82, 2.24) is 10.1 Å². The Morgan fingerprint density at radius 2 is 2.25 bits per heavy atom. The van der Waals surface area contributed by atoms with Crippen LogP contribution in [0.5, 0.6) is 5.75 Å². The largest absolute Gasteiger partial charge is 0.507 e. The van der Waals surface area contributed by atoms with Gasteiger partial charge in [-0.25, -0.2) is 0 Å². The standard InChI is InChI=1S/C10H10ClN3O2/c1-5-2-3-6(11)8(9(5)15)10-13-7(4-12)16-14-10/h2-3,15H,4,12H2,1H3. The van der Waals surface area contributed by atoms with Crippen molar-refractivity contribution in [2.75, 3.05) is 0 Å². The first-order valence-electron chi connectivity index (χ1n) is 4.64. The summed E-state index contributed by atoms with van der Waals surface area (Å²) in [4.78, 5) is 4.01. The predicted octanol–water partition coefficient (Wildman–Crippen LogP) is 1.86. The third-order valence-corrected chi connectivity index (χ3v) is 2.51. The summed E-state index contributed by atoms with van der Waals surface area (Å²) in [6, 6.07) is 3.38. The van der Waals surface area contributed by atoms with E-state index in [9.17, 15) is 5.11 Å². The van der Waals surface area contributed by atoms with Crippen molar-refractivity contribution < 1.29 is 9.63 Å². The number of halogens is 1. The Bertz CT molecular complexity index is 525. The second kappa shape index (κ2) is 4.11. The summed E-state index contributed by atoms with van der Waals surface area (Å²) in [6.45, 7) is 1.91. The maximum Gasteiger partial charge on any atom is 0.240 e. The second-order valence-electron chi connectivity index (χ2n) is 3.30. The summed E-state index contributed by atoms with van der Waals surface area (Å²) in [5, 5.41) is 14.0. The summed E-state index contributed by atoms with van der Waals surface area (Å²) in [6.07, 6.45) is 0. The van der Waals surface area contributed by atoms with Crippen molar-refractivity contribution in [3.8, 4) is 17.1 Å². The molecule has 2 aromatic rings. The SMILES string of the molecule is Cc1ccc(Cl)c(-c2noc(CN)n2)c1O. The lowest BCUT2D eigenvalue weighted by Crippen LogP contribution is -1.95. The van der Waals surface area contributed by atoms with E-state index < -0.39 is 0 Å². The number of rotatable bonds is 2. The van der Waals surface area contributed by atoms with Crippen molar-refractivity contribution in [1.29, 1.82) is 0 Å². The zero-order valence-corrected chi connectivity index (χ0v) is 9.32. The zero-order chi connectivity index (χ0) is 11.7. The van der Waals surface area contributed by atoms with Gasteiger partial charge in [-0.05, 0) is 18.6 Å². The number of hydrogen-bond acceptors (Lipinski definition) is 5. The highest BCUT2D eigenvalue weighted by Gasteiger charge is 2.16. The summed E-state index contributed by atoms with van der Waals surface area (Å²) in [5.41, 5.74) is 6.41. The number of benzene rings is 1. The molecule has 0 radical (unpaired) electrons. The van der Waals surface area contributed by atoms with Gasteiger partial charge in [-0.3, -0.25) is 0 Å². The van der Waals surface area contributed by atoms with Gasteiger partial charge in [0.25, 0.3) is 0 Å². The highest BCUT2D eigenvalue weighted by Crippen LogP contribution is 2.36. The topological polar surface area (TPSA) is 85.2 Å². The molecule has 0 fully saturated rings. The molecule has 1 heterocycles. The van der Waals surface area contributed by atoms with Crippen molar-refractivity contribution in [2.45, 2.75) is 13.5 Å². The van der Waals surface area contributed by atoms with Gasteiger partial charge < -0.3 is 15.4 Å². The molecule has 0 bridgehead atoms. The normalized spacial score (nSPS) is 10.7. The third kappa shape index (κ3) is 1.75. The van der Waals surface area contributed by atoms with Crippen LogP contribution in [0, 0.1) is 6.92 Å². The highest BCUT2D eigenvalue weighted by molar-refractivity contribution is 6.33. The molecule has 0 amide bonds. The van der Waals surface area contributed by atoms with E-state index in [1.807, 2.05) is 0 Å². The molecule has 1 aromatic carbocycles. The molecular weight excluding hydrogens is 230 g/mol. The number of nitrogens with two attached hydrogens (primary N) is 1. The molecule has 6 heteroatoms. The summed E-state index contributed by atoms with van der Waals surface area (Å²) < 4.78 is 4.86. The number of aromatic hydroxyl groups is 1. The number of nitrogens with zero attached hydrogens (tertiary/aromatic N) is 2. The van der Waals surface area contributed by atoms with Crippen LogP contribution >= 0.6 is 11.6 Å². The molecule has 0 aliphatic heterocycles. The average Bonchev–Trinajstić information content (AvgIpc) is 2.73. The molecule has 5 nitrogen and oxygen atoms in total. The minimum absolute atomic E-state index is 0.0527. The van der Waals surface area contributed by atoms with Crippen molar-refractivity contribution >= 4 is 11.6 Å². The molecule has 0 spiro atoms. The monoisotopic (exact) mass is 239 g/mol. The van der Waals surface area contributed by atoms with E-state index in [1.54, 1.807) is 19.1 Å². The van der Waals surface area contributed by atoms with Crippen LogP contribution in [0.2, 0.25) is 5.02 Å². The molecule has 3 N–H and O–H groups in total. The number of aryl methyl sites for hydroxylation is 1. The minimum atomic E-state index is 0.0527. The number of phenols is 1. The van der Waals surface area contributed by atoms with Gasteiger partial charge in [0.15, 0.2) is 0 Å². The Morgan fingerprint density at radius 3 is 2.88 bits per heavy atom. The first-order valence-corrected chi connectivity index (χ1v) is 5.02. The lowest BCUT2D eigenvalue weighted by molar-refractivity contribution is 0.380.